The Morgan fingerprint density at radius 3 is 2.46 bits per heavy atom. The van der Waals surface area contributed by atoms with Crippen LogP contribution in [0.4, 0.5) is 0 Å². The van der Waals surface area contributed by atoms with Crippen molar-refractivity contribution in [1.82, 2.24) is 10.2 Å². The Labute approximate surface area is 140 Å². The number of aryl methyl sites for hydroxylation is 1. The quantitative estimate of drug-likeness (QED) is 0.561. The zero-order valence-corrected chi connectivity index (χ0v) is 13.2. The molecule has 1 atom stereocenters. The summed E-state index contributed by atoms with van der Waals surface area (Å²) in [7, 11) is 0. The van der Waals surface area contributed by atoms with Gasteiger partial charge in [0.1, 0.15) is 11.4 Å². The van der Waals surface area contributed by atoms with Crippen LogP contribution in [0.2, 0.25) is 0 Å². The number of H-pyrrole nitrogens is 1. The van der Waals surface area contributed by atoms with Gasteiger partial charge in [-0.1, -0.05) is 42.5 Å². The fraction of sp³-hybridized carbons (Fsp3) is 0.211. The molecule has 0 bridgehead atoms. The first-order chi connectivity index (χ1) is 11.7. The summed E-state index contributed by atoms with van der Waals surface area (Å²) in [5.74, 6) is 0.189. The molecule has 5 heteroatoms. The molecule has 0 aliphatic rings. The number of nitrogens with one attached hydrogen (secondary N) is 1. The highest BCUT2D eigenvalue weighted by molar-refractivity contribution is 5.83. The number of aromatic hydroxyl groups is 1. The lowest BCUT2D eigenvalue weighted by atomic mass is 9.96. The number of rotatable bonds is 6. The lowest BCUT2D eigenvalue weighted by molar-refractivity contribution is 0.0884. The normalized spacial score (nSPS) is 12.2. The zero-order chi connectivity index (χ0) is 16.9. The van der Waals surface area contributed by atoms with Crippen LogP contribution in [-0.2, 0) is 6.42 Å². The van der Waals surface area contributed by atoms with Crippen LogP contribution in [0.15, 0.2) is 54.6 Å². The van der Waals surface area contributed by atoms with E-state index in [-0.39, 0.29) is 12.4 Å². The van der Waals surface area contributed by atoms with Crippen molar-refractivity contribution in [2.24, 2.45) is 0 Å². The molecule has 0 aliphatic heterocycles. The van der Waals surface area contributed by atoms with Crippen LogP contribution in [0.5, 0.6) is 5.75 Å². The van der Waals surface area contributed by atoms with Gasteiger partial charge in [-0.25, -0.2) is 0 Å². The summed E-state index contributed by atoms with van der Waals surface area (Å²) in [6.07, 6.45) is 0.219. The molecule has 4 N–H and O–H groups in total. The van der Waals surface area contributed by atoms with Crippen LogP contribution >= 0.6 is 0 Å². The molecule has 1 aromatic heterocycles. The lowest BCUT2D eigenvalue weighted by Crippen LogP contribution is -2.13. The predicted molar refractivity (Wildman–Crippen MR) is 92.5 cm³/mol. The summed E-state index contributed by atoms with van der Waals surface area (Å²) in [6.45, 7) is -0.263. The number of phenolic OH excluding ortho intramolecular Hbond substituents is 1. The average Bonchev–Trinajstić information content (AvgIpc) is 3.04. The molecule has 0 amide bonds. The maximum Gasteiger partial charge on any atom is 0.116 e. The maximum atomic E-state index is 9.82. The largest absolute Gasteiger partial charge is 0.508 e. The summed E-state index contributed by atoms with van der Waals surface area (Å²) in [6, 6.07) is 16.8. The number of aliphatic hydroxyl groups is 2. The first kappa shape index (κ1) is 16.2. The van der Waals surface area contributed by atoms with E-state index in [2.05, 4.69) is 10.2 Å². The number of hydrogen-bond donors (Lipinski definition) is 4. The molecule has 3 aromatic rings. The molecule has 0 saturated carbocycles. The Morgan fingerprint density at radius 1 is 1.00 bits per heavy atom. The Kier molecular flexibility index (Phi) is 4.93. The van der Waals surface area contributed by atoms with Crippen molar-refractivity contribution >= 4 is 0 Å². The van der Waals surface area contributed by atoms with Crippen LogP contribution in [0.1, 0.15) is 12.1 Å². The summed E-state index contributed by atoms with van der Waals surface area (Å²) in [5, 5.41) is 35.9. The molecule has 0 saturated heterocycles. The third-order valence-corrected chi connectivity index (χ3v) is 3.96. The van der Waals surface area contributed by atoms with Gasteiger partial charge in [-0.15, -0.1) is 0 Å². The lowest BCUT2D eigenvalue weighted by Gasteiger charge is -2.09. The van der Waals surface area contributed by atoms with Crippen molar-refractivity contribution in [2.75, 3.05) is 6.61 Å². The number of aromatic amines is 1. The minimum absolute atomic E-state index is 0.189. The molecule has 24 heavy (non-hydrogen) atoms. The standard InChI is InChI=1S/C19H20N2O3/c22-12-16(24)9-10-17-18(14-7-4-8-15(23)11-14)19(21-20-17)13-5-2-1-3-6-13/h1-8,11,16,22-24H,9-10,12H2,(H,20,21)/t16-/m0/s1. The van der Waals surface area contributed by atoms with Gasteiger partial charge >= 0.3 is 0 Å². The summed E-state index contributed by atoms with van der Waals surface area (Å²) >= 11 is 0. The van der Waals surface area contributed by atoms with Gasteiger partial charge in [0.2, 0.25) is 0 Å². The van der Waals surface area contributed by atoms with E-state index in [0.29, 0.717) is 12.8 Å². The van der Waals surface area contributed by atoms with E-state index in [1.807, 2.05) is 36.4 Å². The minimum atomic E-state index is -0.759. The van der Waals surface area contributed by atoms with Crippen molar-refractivity contribution < 1.29 is 15.3 Å². The highest BCUT2D eigenvalue weighted by atomic mass is 16.3. The third kappa shape index (κ3) is 3.48. The van der Waals surface area contributed by atoms with Crippen LogP contribution in [0.25, 0.3) is 22.4 Å². The molecule has 3 rings (SSSR count). The molecule has 0 spiro atoms. The average molecular weight is 324 g/mol. The summed E-state index contributed by atoms with van der Waals surface area (Å²) in [5.41, 5.74) is 4.40. The van der Waals surface area contributed by atoms with Gasteiger partial charge in [0.15, 0.2) is 0 Å². The van der Waals surface area contributed by atoms with Gasteiger partial charge in [-0.2, -0.15) is 5.10 Å². The SMILES string of the molecule is OC[C@@H](O)CCc1[nH]nc(-c2ccccc2)c1-c1cccc(O)c1. The van der Waals surface area contributed by atoms with Crippen LogP contribution in [0.3, 0.4) is 0 Å². The number of phenols is 1. The van der Waals surface area contributed by atoms with Crippen molar-refractivity contribution in [3.05, 3.63) is 60.3 Å². The van der Waals surface area contributed by atoms with E-state index in [0.717, 1.165) is 28.1 Å². The Morgan fingerprint density at radius 2 is 1.75 bits per heavy atom. The van der Waals surface area contributed by atoms with Gasteiger partial charge in [-0.05, 0) is 30.5 Å². The molecule has 0 fully saturated rings. The highest BCUT2D eigenvalue weighted by Crippen LogP contribution is 2.35. The molecule has 0 radical (unpaired) electrons. The number of nitrogens with zero attached hydrogens (tertiary/aromatic N) is 1. The van der Waals surface area contributed by atoms with E-state index in [1.165, 1.54) is 0 Å². The Balaban J connectivity index is 2.05. The van der Waals surface area contributed by atoms with Crippen molar-refractivity contribution in [3.8, 4) is 28.1 Å². The zero-order valence-electron chi connectivity index (χ0n) is 13.2. The van der Waals surface area contributed by atoms with Gasteiger partial charge in [0, 0.05) is 16.8 Å². The van der Waals surface area contributed by atoms with Crippen LogP contribution in [0, 0.1) is 0 Å². The van der Waals surface area contributed by atoms with E-state index in [9.17, 15) is 10.2 Å². The first-order valence-electron chi connectivity index (χ1n) is 7.90. The summed E-state index contributed by atoms with van der Waals surface area (Å²) < 4.78 is 0. The molecular weight excluding hydrogens is 304 g/mol. The molecule has 124 valence electrons. The highest BCUT2D eigenvalue weighted by Gasteiger charge is 2.17. The van der Waals surface area contributed by atoms with Crippen LogP contribution in [-0.4, -0.2) is 38.2 Å². The minimum Gasteiger partial charge on any atom is -0.508 e. The molecule has 0 aliphatic carbocycles. The third-order valence-electron chi connectivity index (χ3n) is 3.96. The van der Waals surface area contributed by atoms with Crippen molar-refractivity contribution in [1.29, 1.82) is 0 Å². The molecule has 2 aromatic carbocycles. The summed E-state index contributed by atoms with van der Waals surface area (Å²) in [4.78, 5) is 0. The molecule has 5 nitrogen and oxygen atoms in total. The molecule has 1 heterocycles. The van der Waals surface area contributed by atoms with Gasteiger partial charge < -0.3 is 15.3 Å². The topological polar surface area (TPSA) is 89.4 Å². The van der Waals surface area contributed by atoms with Gasteiger partial charge in [-0.3, -0.25) is 5.10 Å². The monoisotopic (exact) mass is 324 g/mol. The van der Waals surface area contributed by atoms with Crippen molar-refractivity contribution in [2.45, 2.75) is 18.9 Å². The second kappa shape index (κ2) is 7.29. The van der Waals surface area contributed by atoms with Crippen molar-refractivity contribution in [3.63, 3.8) is 0 Å². The predicted octanol–water partition coefficient (Wildman–Crippen LogP) is 2.74. The number of aliphatic hydroxyl groups excluding tert-OH is 2. The smallest absolute Gasteiger partial charge is 0.116 e. The number of hydrogen-bond acceptors (Lipinski definition) is 4. The fourth-order valence-corrected chi connectivity index (χ4v) is 2.74. The maximum absolute atomic E-state index is 9.82. The molecular formula is C19H20N2O3. The Bertz CT molecular complexity index is 799. The fourth-order valence-electron chi connectivity index (χ4n) is 2.74. The number of benzene rings is 2. The Hall–Kier alpha value is -2.63. The van der Waals surface area contributed by atoms with E-state index in [1.54, 1.807) is 18.2 Å². The van der Waals surface area contributed by atoms with Gasteiger partial charge in [0.25, 0.3) is 0 Å². The van der Waals surface area contributed by atoms with E-state index >= 15 is 0 Å². The van der Waals surface area contributed by atoms with E-state index < -0.39 is 6.10 Å². The second-order valence-electron chi connectivity index (χ2n) is 5.72. The van der Waals surface area contributed by atoms with E-state index in [4.69, 9.17) is 5.11 Å². The second-order valence-corrected chi connectivity index (χ2v) is 5.72. The molecule has 0 unspecified atom stereocenters. The van der Waals surface area contributed by atoms with Gasteiger partial charge in [0.05, 0.1) is 12.7 Å². The first-order valence-corrected chi connectivity index (χ1v) is 7.90. The number of aromatic nitrogens is 2. The van der Waals surface area contributed by atoms with Crippen LogP contribution < -0.4 is 0 Å².